The lowest BCUT2D eigenvalue weighted by Gasteiger charge is -1.78. The van der Waals surface area contributed by atoms with Crippen LogP contribution in [0.4, 0.5) is 0 Å². The van der Waals surface area contributed by atoms with Crippen molar-refractivity contribution in [3.05, 3.63) is 35.4 Å². The molecule has 0 saturated carbocycles. The Bertz CT molecular complexity index is 270. The van der Waals surface area contributed by atoms with E-state index in [-0.39, 0.29) is 11.2 Å². The van der Waals surface area contributed by atoms with Crippen LogP contribution in [0.25, 0.3) is 0 Å². The number of benzene rings is 1. The van der Waals surface area contributed by atoms with Gasteiger partial charge in [0.25, 0.3) is 0 Å². The molecule has 50 valence electrons. The lowest BCUT2D eigenvalue weighted by molar-refractivity contribution is -0.111. The third kappa shape index (κ3) is 0.673. The van der Waals surface area contributed by atoms with Gasteiger partial charge in [-0.05, 0) is 22.7 Å². The first-order valence-electron chi connectivity index (χ1n) is 3.09. The summed E-state index contributed by atoms with van der Waals surface area (Å²) in [7, 11) is 0. The summed E-state index contributed by atoms with van der Waals surface area (Å²) in [6, 6.07) is 7.69. The Labute approximate surface area is 63.6 Å². The zero-order valence-electron chi connectivity index (χ0n) is 5.17. The Morgan fingerprint density at radius 2 is 1.80 bits per heavy atom. The molecule has 2 rings (SSSR count). The van der Waals surface area contributed by atoms with Crippen molar-refractivity contribution in [2.45, 2.75) is 5.92 Å². The van der Waals surface area contributed by atoms with E-state index in [1.807, 2.05) is 24.3 Å². The highest BCUT2D eigenvalue weighted by Crippen LogP contribution is 2.44. The molecular weight excluding hydrogens is 148 g/mol. The second kappa shape index (κ2) is 1.83. The zero-order chi connectivity index (χ0) is 7.14. The van der Waals surface area contributed by atoms with Crippen LogP contribution in [-0.2, 0) is 4.79 Å². The molecule has 1 aromatic carbocycles. The molecule has 0 aliphatic heterocycles. The fraction of sp³-hybridized carbons (Fsp3) is 0.125. The summed E-state index contributed by atoms with van der Waals surface area (Å²) >= 11 is 5.30. The van der Waals surface area contributed by atoms with Gasteiger partial charge in [-0.3, -0.25) is 4.79 Å². The summed E-state index contributed by atoms with van der Waals surface area (Å²) in [5.41, 5.74) is 2.17. The van der Waals surface area contributed by atoms with Crippen molar-refractivity contribution < 1.29 is 4.79 Å². The van der Waals surface area contributed by atoms with Crippen LogP contribution in [0.5, 0.6) is 0 Å². The molecule has 2 heteroatoms. The zero-order valence-corrected chi connectivity index (χ0v) is 5.93. The molecule has 10 heavy (non-hydrogen) atoms. The molecule has 0 saturated heterocycles. The third-order valence-electron chi connectivity index (χ3n) is 1.76. The number of fused-ring (bicyclic) bond motifs is 1. The van der Waals surface area contributed by atoms with Gasteiger partial charge in [-0.1, -0.05) is 24.3 Å². The van der Waals surface area contributed by atoms with Crippen molar-refractivity contribution in [2.24, 2.45) is 0 Å². The van der Waals surface area contributed by atoms with Crippen LogP contribution < -0.4 is 0 Å². The van der Waals surface area contributed by atoms with Gasteiger partial charge >= 0.3 is 0 Å². The van der Waals surface area contributed by atoms with Crippen molar-refractivity contribution >= 4 is 16.8 Å². The number of hydrogen-bond acceptors (Lipinski definition) is 1. The van der Waals surface area contributed by atoms with E-state index in [1.165, 1.54) is 0 Å². The molecule has 0 unspecified atom stereocenters. The summed E-state index contributed by atoms with van der Waals surface area (Å²) in [5, 5.41) is -0.263. The van der Waals surface area contributed by atoms with Crippen molar-refractivity contribution in [2.75, 3.05) is 0 Å². The van der Waals surface area contributed by atoms with Crippen LogP contribution in [0.2, 0.25) is 0 Å². The maximum atomic E-state index is 10.6. The minimum Gasteiger partial charge on any atom is -0.280 e. The molecule has 0 radical (unpaired) electrons. The van der Waals surface area contributed by atoms with E-state index < -0.39 is 0 Å². The van der Waals surface area contributed by atoms with E-state index in [9.17, 15) is 4.79 Å². The lowest BCUT2D eigenvalue weighted by Crippen LogP contribution is -1.84. The summed E-state index contributed by atoms with van der Waals surface area (Å²) in [4.78, 5) is 10.6. The Morgan fingerprint density at radius 1 is 1.30 bits per heavy atom. The summed E-state index contributed by atoms with van der Waals surface area (Å²) in [6.07, 6.45) is 0. The largest absolute Gasteiger partial charge is 0.280 e. The van der Waals surface area contributed by atoms with E-state index in [0.717, 1.165) is 11.1 Å². The first-order valence-corrected chi connectivity index (χ1v) is 3.46. The highest BCUT2D eigenvalue weighted by Gasteiger charge is 2.36. The predicted molar refractivity (Wildman–Crippen MR) is 39.1 cm³/mol. The Balaban J connectivity index is 2.37. The molecule has 0 spiro atoms. The molecule has 0 N–H and O–H groups in total. The molecule has 0 atom stereocenters. The second-order valence-electron chi connectivity index (χ2n) is 2.37. The van der Waals surface area contributed by atoms with Gasteiger partial charge in [-0.2, -0.15) is 0 Å². The van der Waals surface area contributed by atoms with E-state index >= 15 is 0 Å². The summed E-state index contributed by atoms with van der Waals surface area (Å²) in [6.45, 7) is 0. The maximum Gasteiger partial charge on any atom is 0.233 e. The monoisotopic (exact) mass is 152 g/mol. The highest BCUT2D eigenvalue weighted by molar-refractivity contribution is 6.65. The Morgan fingerprint density at radius 3 is 2.20 bits per heavy atom. The molecule has 1 aliphatic carbocycles. The standard InChI is InChI=1S/C8H5ClO/c9-8(10)7-5-3-1-2-4-6(5)7/h1-4,7H. The van der Waals surface area contributed by atoms with Crippen molar-refractivity contribution in [3.63, 3.8) is 0 Å². The van der Waals surface area contributed by atoms with Crippen LogP contribution in [0.15, 0.2) is 24.3 Å². The van der Waals surface area contributed by atoms with E-state index in [1.54, 1.807) is 0 Å². The number of rotatable bonds is 1. The van der Waals surface area contributed by atoms with Crippen molar-refractivity contribution in [1.82, 2.24) is 0 Å². The van der Waals surface area contributed by atoms with Crippen LogP contribution in [0, 0.1) is 0 Å². The molecule has 0 amide bonds. The Kier molecular flexibility index (Phi) is 1.08. The van der Waals surface area contributed by atoms with E-state index in [2.05, 4.69) is 0 Å². The fourth-order valence-corrected chi connectivity index (χ4v) is 1.44. The van der Waals surface area contributed by atoms with Crippen LogP contribution in [0.3, 0.4) is 0 Å². The number of carbonyl (C=O) groups excluding carboxylic acids is 1. The molecule has 0 aromatic heterocycles. The van der Waals surface area contributed by atoms with Crippen LogP contribution in [-0.4, -0.2) is 5.24 Å². The summed E-state index contributed by atoms with van der Waals surface area (Å²) < 4.78 is 0. The third-order valence-corrected chi connectivity index (χ3v) is 1.98. The molecule has 0 fully saturated rings. The molecule has 1 nitrogen and oxygen atoms in total. The van der Waals surface area contributed by atoms with Crippen molar-refractivity contribution in [3.8, 4) is 0 Å². The first kappa shape index (κ1) is 5.93. The second-order valence-corrected chi connectivity index (χ2v) is 2.74. The van der Waals surface area contributed by atoms with Crippen molar-refractivity contribution in [1.29, 1.82) is 0 Å². The van der Waals surface area contributed by atoms with Gasteiger partial charge in [0, 0.05) is 0 Å². The number of hydrogen-bond donors (Lipinski definition) is 0. The van der Waals surface area contributed by atoms with Gasteiger partial charge in [0.2, 0.25) is 5.24 Å². The highest BCUT2D eigenvalue weighted by atomic mass is 35.5. The Hall–Kier alpha value is -0.820. The average Bonchev–Trinajstić information content (AvgIpc) is 2.60. The number of halogens is 1. The fourth-order valence-electron chi connectivity index (χ4n) is 1.20. The van der Waals surface area contributed by atoms with Crippen LogP contribution in [0.1, 0.15) is 17.0 Å². The normalized spacial score (nSPS) is 14.5. The first-order chi connectivity index (χ1) is 4.80. The lowest BCUT2D eigenvalue weighted by atomic mass is 10.4. The van der Waals surface area contributed by atoms with Gasteiger partial charge in [0.15, 0.2) is 0 Å². The molecule has 0 heterocycles. The summed E-state index contributed by atoms with van der Waals surface area (Å²) in [5.74, 6) is -0.0864. The molecular formula is C8H5ClO. The average molecular weight is 153 g/mol. The van der Waals surface area contributed by atoms with Gasteiger partial charge < -0.3 is 0 Å². The quantitative estimate of drug-likeness (QED) is 0.562. The topological polar surface area (TPSA) is 17.1 Å². The molecule has 1 aromatic rings. The van der Waals surface area contributed by atoms with Gasteiger partial charge in [0.05, 0.1) is 5.92 Å². The van der Waals surface area contributed by atoms with Gasteiger partial charge in [-0.15, -0.1) is 0 Å². The molecule has 1 aliphatic rings. The predicted octanol–water partition coefficient (Wildman–Crippen LogP) is 1.90. The number of carbonyl (C=O) groups is 1. The van der Waals surface area contributed by atoms with Gasteiger partial charge in [0.1, 0.15) is 0 Å². The van der Waals surface area contributed by atoms with E-state index in [0.29, 0.717) is 0 Å². The SMILES string of the molecule is O=C(Cl)C1c2ccccc21. The smallest absolute Gasteiger partial charge is 0.233 e. The van der Waals surface area contributed by atoms with Gasteiger partial charge in [-0.25, -0.2) is 0 Å². The maximum absolute atomic E-state index is 10.6. The minimum atomic E-state index is -0.263. The molecule has 0 bridgehead atoms. The van der Waals surface area contributed by atoms with E-state index in [4.69, 9.17) is 11.6 Å². The minimum absolute atomic E-state index is 0.0864. The van der Waals surface area contributed by atoms with Crippen LogP contribution >= 0.6 is 11.6 Å².